The average molecular weight is 260 g/mol. The highest BCUT2D eigenvalue weighted by Crippen LogP contribution is 2.27. The smallest absolute Gasteiger partial charge is 0.101 e. The van der Waals surface area contributed by atoms with E-state index in [1.807, 2.05) is 12.1 Å². The predicted octanol–water partition coefficient (Wildman–Crippen LogP) is 3.21. The first-order chi connectivity index (χ1) is 7.75. The molecule has 1 aliphatic carbocycles. The third-order valence-corrected chi connectivity index (χ3v) is 4.50. The molecule has 2 nitrogen and oxygen atoms in total. The van der Waals surface area contributed by atoms with Gasteiger partial charge in [-0.15, -0.1) is 11.3 Å². The molecule has 1 aliphatic rings. The second-order valence-corrected chi connectivity index (χ2v) is 6.21. The van der Waals surface area contributed by atoms with E-state index >= 15 is 0 Å². The minimum absolute atomic E-state index is 0.418. The number of hydrogen-bond acceptors (Lipinski definition) is 3. The first-order valence-corrected chi connectivity index (χ1v) is 7.09. The fourth-order valence-electron chi connectivity index (χ4n) is 2.25. The second-order valence-electron chi connectivity index (χ2n) is 4.47. The molecule has 4 heteroatoms. The van der Waals surface area contributed by atoms with E-state index in [2.05, 4.69) is 5.32 Å². The van der Waals surface area contributed by atoms with E-state index in [1.165, 1.54) is 37.0 Å². The highest BCUT2D eigenvalue weighted by molar-refractivity contribution is 7.16. The summed E-state index contributed by atoms with van der Waals surface area (Å²) in [6.07, 6.45) is 5.01. The molecule has 1 aromatic rings. The number of aliphatic hydroxyl groups is 1. The van der Waals surface area contributed by atoms with Gasteiger partial charge in [-0.25, -0.2) is 0 Å². The van der Waals surface area contributed by atoms with E-state index < -0.39 is 6.10 Å². The maximum atomic E-state index is 9.90. The molecule has 2 rings (SSSR count). The molecule has 90 valence electrons. The number of halogens is 1. The Balaban J connectivity index is 1.69. The van der Waals surface area contributed by atoms with Crippen LogP contribution in [-0.2, 0) is 0 Å². The van der Waals surface area contributed by atoms with Gasteiger partial charge in [0.15, 0.2) is 0 Å². The van der Waals surface area contributed by atoms with E-state index in [1.54, 1.807) is 0 Å². The fraction of sp³-hybridized carbons (Fsp3) is 0.667. The zero-order valence-corrected chi connectivity index (χ0v) is 10.9. The molecule has 0 spiro atoms. The van der Waals surface area contributed by atoms with Crippen molar-refractivity contribution in [2.24, 2.45) is 5.92 Å². The van der Waals surface area contributed by atoms with E-state index in [0.717, 1.165) is 21.7 Å². The van der Waals surface area contributed by atoms with Crippen LogP contribution in [0, 0.1) is 5.92 Å². The van der Waals surface area contributed by atoms with Crippen LogP contribution in [0.25, 0.3) is 0 Å². The normalized spacial score (nSPS) is 19.1. The number of hydrogen-bond donors (Lipinski definition) is 2. The molecule has 0 bridgehead atoms. The van der Waals surface area contributed by atoms with Gasteiger partial charge in [0, 0.05) is 11.4 Å². The van der Waals surface area contributed by atoms with Crippen molar-refractivity contribution in [3.05, 3.63) is 21.3 Å². The monoisotopic (exact) mass is 259 g/mol. The summed E-state index contributed by atoms with van der Waals surface area (Å²) in [4.78, 5) is 0.948. The summed E-state index contributed by atoms with van der Waals surface area (Å²) in [5.41, 5.74) is 0. The van der Waals surface area contributed by atoms with Crippen LogP contribution in [0.4, 0.5) is 0 Å². The largest absolute Gasteiger partial charge is 0.386 e. The van der Waals surface area contributed by atoms with E-state index in [-0.39, 0.29) is 0 Å². The lowest BCUT2D eigenvalue weighted by atomic mass is 10.1. The van der Waals surface area contributed by atoms with Crippen LogP contribution < -0.4 is 5.32 Å². The number of rotatable bonds is 5. The molecule has 16 heavy (non-hydrogen) atoms. The van der Waals surface area contributed by atoms with Crippen molar-refractivity contribution in [3.63, 3.8) is 0 Å². The maximum Gasteiger partial charge on any atom is 0.101 e. The van der Waals surface area contributed by atoms with Crippen molar-refractivity contribution in [2.75, 3.05) is 13.1 Å². The van der Waals surface area contributed by atoms with Gasteiger partial charge in [0.1, 0.15) is 6.10 Å². The van der Waals surface area contributed by atoms with Crippen molar-refractivity contribution < 1.29 is 5.11 Å². The summed E-state index contributed by atoms with van der Waals surface area (Å²) in [5, 5.41) is 13.2. The SMILES string of the molecule is OC(CNCC1CCCC1)c1ccc(Cl)s1. The van der Waals surface area contributed by atoms with Gasteiger partial charge in [0.25, 0.3) is 0 Å². The van der Waals surface area contributed by atoms with Gasteiger partial charge >= 0.3 is 0 Å². The molecule has 1 atom stereocenters. The Morgan fingerprint density at radius 3 is 2.81 bits per heavy atom. The maximum absolute atomic E-state index is 9.90. The van der Waals surface area contributed by atoms with Gasteiger partial charge in [0.2, 0.25) is 0 Å². The van der Waals surface area contributed by atoms with Crippen molar-refractivity contribution in [2.45, 2.75) is 31.8 Å². The lowest BCUT2D eigenvalue weighted by Crippen LogP contribution is -2.26. The van der Waals surface area contributed by atoms with Crippen LogP contribution in [0.3, 0.4) is 0 Å². The summed E-state index contributed by atoms with van der Waals surface area (Å²) < 4.78 is 0.741. The third-order valence-electron chi connectivity index (χ3n) is 3.17. The van der Waals surface area contributed by atoms with Crippen LogP contribution >= 0.6 is 22.9 Å². The van der Waals surface area contributed by atoms with Crippen LogP contribution in [0.15, 0.2) is 12.1 Å². The highest BCUT2D eigenvalue weighted by atomic mass is 35.5. The molecule has 1 aromatic heterocycles. The molecule has 0 saturated heterocycles. The molecule has 0 radical (unpaired) electrons. The van der Waals surface area contributed by atoms with Gasteiger partial charge in [-0.1, -0.05) is 24.4 Å². The molecule has 0 aromatic carbocycles. The Hall–Kier alpha value is -0.0900. The number of nitrogens with one attached hydrogen (secondary N) is 1. The summed E-state index contributed by atoms with van der Waals surface area (Å²) >= 11 is 7.28. The minimum atomic E-state index is -0.418. The molecule has 1 saturated carbocycles. The first-order valence-electron chi connectivity index (χ1n) is 5.89. The predicted molar refractivity (Wildman–Crippen MR) is 69.1 cm³/mol. The quantitative estimate of drug-likeness (QED) is 0.851. The van der Waals surface area contributed by atoms with Gasteiger partial charge in [-0.3, -0.25) is 0 Å². The van der Waals surface area contributed by atoms with Gasteiger partial charge < -0.3 is 10.4 Å². The van der Waals surface area contributed by atoms with E-state index in [4.69, 9.17) is 11.6 Å². The Kier molecular flexibility index (Phi) is 4.65. The second kappa shape index (κ2) is 6.01. The van der Waals surface area contributed by atoms with Crippen LogP contribution in [0.1, 0.15) is 36.7 Å². The number of aliphatic hydroxyl groups excluding tert-OH is 1. The number of thiophene rings is 1. The van der Waals surface area contributed by atoms with Crippen molar-refractivity contribution in [3.8, 4) is 0 Å². The lowest BCUT2D eigenvalue weighted by molar-refractivity contribution is 0.176. The topological polar surface area (TPSA) is 32.3 Å². The summed E-state index contributed by atoms with van der Waals surface area (Å²) in [7, 11) is 0. The summed E-state index contributed by atoms with van der Waals surface area (Å²) in [6, 6.07) is 3.73. The lowest BCUT2D eigenvalue weighted by Gasteiger charge is -2.13. The van der Waals surface area contributed by atoms with Crippen LogP contribution in [0.5, 0.6) is 0 Å². The van der Waals surface area contributed by atoms with Crippen molar-refractivity contribution in [1.29, 1.82) is 0 Å². The molecule has 1 fully saturated rings. The molecular weight excluding hydrogens is 242 g/mol. The Bertz CT molecular complexity index is 323. The third kappa shape index (κ3) is 3.45. The van der Waals surface area contributed by atoms with E-state index in [0.29, 0.717) is 6.54 Å². The zero-order valence-electron chi connectivity index (χ0n) is 9.29. The van der Waals surface area contributed by atoms with Crippen molar-refractivity contribution >= 4 is 22.9 Å². The van der Waals surface area contributed by atoms with E-state index in [9.17, 15) is 5.11 Å². The standard InChI is InChI=1S/C12H18ClNOS/c13-12-6-5-11(16-12)10(15)8-14-7-9-3-1-2-4-9/h5-6,9-10,14-15H,1-4,7-8H2. The molecule has 1 unspecified atom stereocenters. The van der Waals surface area contributed by atoms with Crippen LogP contribution in [-0.4, -0.2) is 18.2 Å². The van der Waals surface area contributed by atoms with Gasteiger partial charge in [0.05, 0.1) is 4.34 Å². The zero-order chi connectivity index (χ0) is 11.4. The average Bonchev–Trinajstić information content (AvgIpc) is 2.89. The fourth-order valence-corrected chi connectivity index (χ4v) is 3.29. The Morgan fingerprint density at radius 1 is 1.44 bits per heavy atom. The Morgan fingerprint density at radius 2 is 2.19 bits per heavy atom. The summed E-state index contributed by atoms with van der Waals surface area (Å²) in [6.45, 7) is 1.67. The first kappa shape index (κ1) is 12.4. The highest BCUT2D eigenvalue weighted by Gasteiger charge is 2.15. The molecule has 2 N–H and O–H groups in total. The molecule has 1 heterocycles. The van der Waals surface area contributed by atoms with Gasteiger partial charge in [-0.2, -0.15) is 0 Å². The molecule has 0 amide bonds. The minimum Gasteiger partial charge on any atom is -0.386 e. The Labute approximate surface area is 106 Å². The van der Waals surface area contributed by atoms with Crippen molar-refractivity contribution in [1.82, 2.24) is 5.32 Å². The van der Waals surface area contributed by atoms with Crippen LogP contribution in [0.2, 0.25) is 4.34 Å². The molecule has 0 aliphatic heterocycles. The van der Waals surface area contributed by atoms with Gasteiger partial charge in [-0.05, 0) is 37.4 Å². The molecular formula is C12H18ClNOS. The summed E-state index contributed by atoms with van der Waals surface area (Å²) in [5.74, 6) is 0.819.